The Morgan fingerprint density at radius 1 is 1.09 bits per heavy atom. The summed E-state index contributed by atoms with van der Waals surface area (Å²) >= 11 is 1.68. The Morgan fingerprint density at radius 3 is 2.35 bits per heavy atom. The number of aliphatic carboxylic acids is 1. The summed E-state index contributed by atoms with van der Waals surface area (Å²) in [5.41, 5.74) is -1.19. The monoisotopic (exact) mass is 343 g/mol. The van der Waals surface area contributed by atoms with E-state index in [0.29, 0.717) is 24.3 Å². The van der Waals surface area contributed by atoms with Gasteiger partial charge in [0.15, 0.2) is 0 Å². The average Bonchev–Trinajstić information content (AvgIpc) is 2.55. The summed E-state index contributed by atoms with van der Waals surface area (Å²) in [5, 5.41) is 17.4. The van der Waals surface area contributed by atoms with Crippen LogP contribution in [0.4, 0.5) is 4.79 Å². The Hall–Kier alpha value is -1.44. The van der Waals surface area contributed by atoms with Crippen LogP contribution >= 0.6 is 11.8 Å². The van der Waals surface area contributed by atoms with Crippen molar-refractivity contribution < 1.29 is 19.5 Å². The lowest BCUT2D eigenvalue weighted by Crippen LogP contribution is -2.58. The third-order valence-corrected chi connectivity index (χ3v) is 5.47. The first kappa shape index (κ1) is 17.9. The molecule has 1 heterocycles. The van der Waals surface area contributed by atoms with Gasteiger partial charge in [0, 0.05) is 6.04 Å². The maximum atomic E-state index is 12.0. The Balaban J connectivity index is 1.75. The fourth-order valence-corrected chi connectivity index (χ4v) is 4.26. The molecule has 8 heteroatoms. The van der Waals surface area contributed by atoms with Gasteiger partial charge < -0.3 is 21.1 Å². The zero-order chi connectivity index (χ0) is 16.7. The number of carboxylic acid groups (broad SMARTS) is 1. The van der Waals surface area contributed by atoms with E-state index in [9.17, 15) is 19.5 Å². The number of thioether (sulfide) groups is 1. The lowest BCUT2D eigenvalue weighted by molar-refractivity contribution is -0.147. The van der Waals surface area contributed by atoms with Crippen molar-refractivity contribution in [3.8, 4) is 0 Å². The minimum atomic E-state index is -1.19. The van der Waals surface area contributed by atoms with Gasteiger partial charge >= 0.3 is 12.0 Å². The van der Waals surface area contributed by atoms with E-state index in [1.165, 1.54) is 6.42 Å². The third-order valence-electron chi connectivity index (χ3n) is 4.48. The highest BCUT2D eigenvalue weighted by atomic mass is 32.2. The molecule has 4 N–H and O–H groups in total. The quantitative estimate of drug-likeness (QED) is 0.598. The Kier molecular flexibility index (Phi) is 6.56. The maximum Gasteiger partial charge on any atom is 0.329 e. The molecule has 130 valence electrons. The van der Waals surface area contributed by atoms with E-state index in [4.69, 9.17) is 0 Å². The van der Waals surface area contributed by atoms with Crippen molar-refractivity contribution in [1.29, 1.82) is 0 Å². The van der Waals surface area contributed by atoms with Gasteiger partial charge in [-0.05, 0) is 37.2 Å². The zero-order valence-corrected chi connectivity index (χ0v) is 14.0. The molecule has 0 atom stereocenters. The average molecular weight is 343 g/mol. The third kappa shape index (κ3) is 5.30. The van der Waals surface area contributed by atoms with Gasteiger partial charge in [-0.15, -0.1) is 0 Å². The molecule has 0 radical (unpaired) electrons. The van der Waals surface area contributed by atoms with Crippen molar-refractivity contribution in [2.24, 2.45) is 0 Å². The molecule has 2 aliphatic rings. The van der Waals surface area contributed by atoms with Crippen molar-refractivity contribution in [1.82, 2.24) is 16.0 Å². The molecule has 0 aromatic carbocycles. The summed E-state index contributed by atoms with van der Waals surface area (Å²) in [6, 6.07) is -0.192. The molecule has 3 amide bonds. The van der Waals surface area contributed by atoms with Crippen LogP contribution in [0.15, 0.2) is 0 Å². The van der Waals surface area contributed by atoms with Crippen molar-refractivity contribution in [3.05, 3.63) is 0 Å². The molecule has 2 fully saturated rings. The topological polar surface area (TPSA) is 108 Å². The van der Waals surface area contributed by atoms with Crippen LogP contribution in [0.1, 0.15) is 44.9 Å². The standard InChI is InChI=1S/C15H25N3O4S/c19-12(18-15(13(20)21)6-8-23-9-7-15)10-16-14(22)17-11-4-2-1-3-5-11/h11H,1-10H2,(H,18,19)(H,20,21)(H2,16,17,22). The molecule has 2 rings (SSSR count). The largest absolute Gasteiger partial charge is 0.480 e. The number of hydrogen-bond acceptors (Lipinski definition) is 4. The number of urea groups is 1. The van der Waals surface area contributed by atoms with E-state index in [-0.39, 0.29) is 18.6 Å². The number of rotatable bonds is 5. The molecule has 23 heavy (non-hydrogen) atoms. The van der Waals surface area contributed by atoms with Crippen LogP contribution in [-0.4, -0.2) is 52.6 Å². The normalized spacial score (nSPS) is 21.2. The van der Waals surface area contributed by atoms with Gasteiger partial charge in [-0.1, -0.05) is 19.3 Å². The van der Waals surface area contributed by atoms with Gasteiger partial charge in [-0.2, -0.15) is 11.8 Å². The van der Waals surface area contributed by atoms with Gasteiger partial charge in [0.25, 0.3) is 0 Å². The van der Waals surface area contributed by atoms with Gasteiger partial charge in [0.1, 0.15) is 5.54 Å². The number of amides is 3. The first-order valence-electron chi connectivity index (χ1n) is 8.18. The minimum Gasteiger partial charge on any atom is -0.480 e. The molecule has 0 spiro atoms. The fourth-order valence-electron chi connectivity index (χ4n) is 3.07. The van der Waals surface area contributed by atoms with Crippen molar-refractivity contribution >= 4 is 29.7 Å². The summed E-state index contributed by atoms with van der Waals surface area (Å²) < 4.78 is 0. The van der Waals surface area contributed by atoms with Crippen LogP contribution in [0.2, 0.25) is 0 Å². The van der Waals surface area contributed by atoms with Gasteiger partial charge in [-0.3, -0.25) is 4.79 Å². The van der Waals surface area contributed by atoms with E-state index in [0.717, 1.165) is 25.7 Å². The van der Waals surface area contributed by atoms with Crippen molar-refractivity contribution in [2.45, 2.75) is 56.5 Å². The Bertz CT molecular complexity index is 446. The molecular weight excluding hydrogens is 318 g/mol. The van der Waals surface area contributed by atoms with Crippen LogP contribution in [0.25, 0.3) is 0 Å². The number of carbonyl (C=O) groups is 3. The summed E-state index contributed by atoms with van der Waals surface area (Å²) in [5.74, 6) is -0.0411. The first-order chi connectivity index (χ1) is 11.0. The lowest BCUT2D eigenvalue weighted by atomic mass is 9.92. The van der Waals surface area contributed by atoms with Crippen molar-refractivity contribution in [3.63, 3.8) is 0 Å². The Morgan fingerprint density at radius 2 is 1.74 bits per heavy atom. The van der Waals surface area contributed by atoms with Crippen molar-refractivity contribution in [2.75, 3.05) is 18.1 Å². The predicted octanol–water partition coefficient (Wildman–Crippen LogP) is 1.08. The van der Waals surface area contributed by atoms with E-state index in [1.54, 1.807) is 11.8 Å². The summed E-state index contributed by atoms with van der Waals surface area (Å²) in [6.45, 7) is -0.208. The molecule has 0 unspecified atom stereocenters. The number of hydrogen-bond donors (Lipinski definition) is 4. The smallest absolute Gasteiger partial charge is 0.329 e. The van der Waals surface area contributed by atoms with Crippen LogP contribution < -0.4 is 16.0 Å². The molecule has 1 aliphatic heterocycles. The molecular formula is C15H25N3O4S. The highest BCUT2D eigenvalue weighted by molar-refractivity contribution is 7.99. The van der Waals surface area contributed by atoms with Crippen LogP contribution in [-0.2, 0) is 9.59 Å². The van der Waals surface area contributed by atoms with Crippen LogP contribution in [0.3, 0.4) is 0 Å². The molecule has 1 aliphatic carbocycles. The molecule has 0 bridgehead atoms. The number of carboxylic acids is 1. The second-order valence-electron chi connectivity index (χ2n) is 6.21. The van der Waals surface area contributed by atoms with Gasteiger partial charge in [-0.25, -0.2) is 9.59 Å². The van der Waals surface area contributed by atoms with E-state index in [2.05, 4.69) is 16.0 Å². The molecule has 0 aromatic rings. The number of carbonyl (C=O) groups excluding carboxylic acids is 2. The van der Waals surface area contributed by atoms with Crippen LogP contribution in [0, 0.1) is 0 Å². The summed E-state index contributed by atoms with van der Waals surface area (Å²) in [4.78, 5) is 35.3. The summed E-state index contributed by atoms with van der Waals surface area (Å²) in [7, 11) is 0. The highest BCUT2D eigenvalue weighted by Crippen LogP contribution is 2.27. The first-order valence-corrected chi connectivity index (χ1v) is 9.34. The van der Waals surface area contributed by atoms with Crippen LogP contribution in [0.5, 0.6) is 0 Å². The number of nitrogens with one attached hydrogen (secondary N) is 3. The fraction of sp³-hybridized carbons (Fsp3) is 0.800. The molecule has 1 saturated heterocycles. The molecule has 1 saturated carbocycles. The minimum absolute atomic E-state index is 0.174. The Labute approximate surface area is 140 Å². The SMILES string of the molecule is O=C(CNC(=O)NC1CCCCC1)NC1(C(=O)O)CCSCC1. The predicted molar refractivity (Wildman–Crippen MR) is 88.5 cm³/mol. The second kappa shape index (κ2) is 8.42. The van der Waals surface area contributed by atoms with Gasteiger partial charge in [0.2, 0.25) is 5.91 Å². The molecule has 0 aromatic heterocycles. The highest BCUT2D eigenvalue weighted by Gasteiger charge is 2.41. The zero-order valence-electron chi connectivity index (χ0n) is 13.2. The maximum absolute atomic E-state index is 12.0. The van der Waals surface area contributed by atoms with E-state index < -0.39 is 17.4 Å². The van der Waals surface area contributed by atoms with E-state index >= 15 is 0 Å². The second-order valence-corrected chi connectivity index (χ2v) is 7.43. The van der Waals surface area contributed by atoms with Gasteiger partial charge in [0.05, 0.1) is 6.54 Å². The summed E-state index contributed by atoms with van der Waals surface area (Å²) in [6.07, 6.45) is 6.20. The van der Waals surface area contributed by atoms with E-state index in [1.807, 2.05) is 0 Å². The lowest BCUT2D eigenvalue weighted by Gasteiger charge is -2.33. The molecule has 7 nitrogen and oxygen atoms in total.